The quantitative estimate of drug-likeness (QED) is 0.705. The third-order valence-electron chi connectivity index (χ3n) is 3.76. The lowest BCUT2D eigenvalue weighted by Crippen LogP contribution is -2.34. The summed E-state index contributed by atoms with van der Waals surface area (Å²) in [6.45, 7) is 7.36. The lowest BCUT2D eigenvalue weighted by molar-refractivity contribution is 0.251. The van der Waals surface area contributed by atoms with Crippen LogP contribution in [0.25, 0.3) is 0 Å². The smallest absolute Gasteiger partial charge is 0.161 e. The van der Waals surface area contributed by atoms with Gasteiger partial charge in [0.25, 0.3) is 0 Å². The molecule has 114 valence electrons. The standard InChI is InChI=1S/C16H28N2O2/c1-6-13(2)18(3)10-9-17-12-14-7-8-15(19-4)16(11-14)20-5/h7-8,11,13,17H,6,9-10,12H2,1-5H3. The topological polar surface area (TPSA) is 33.7 Å². The molecule has 0 aromatic heterocycles. The third kappa shape index (κ3) is 5.02. The van der Waals surface area contributed by atoms with Gasteiger partial charge in [0.05, 0.1) is 14.2 Å². The molecule has 0 saturated carbocycles. The summed E-state index contributed by atoms with van der Waals surface area (Å²) in [6.07, 6.45) is 1.19. The zero-order valence-corrected chi connectivity index (χ0v) is 13.4. The Labute approximate surface area is 123 Å². The van der Waals surface area contributed by atoms with Gasteiger partial charge >= 0.3 is 0 Å². The van der Waals surface area contributed by atoms with E-state index in [1.54, 1.807) is 14.2 Å². The van der Waals surface area contributed by atoms with Crippen LogP contribution in [-0.4, -0.2) is 45.3 Å². The van der Waals surface area contributed by atoms with Crippen molar-refractivity contribution in [2.45, 2.75) is 32.9 Å². The maximum atomic E-state index is 5.31. The molecule has 0 radical (unpaired) electrons. The highest BCUT2D eigenvalue weighted by molar-refractivity contribution is 5.42. The van der Waals surface area contributed by atoms with Crippen LogP contribution < -0.4 is 14.8 Å². The SMILES string of the molecule is CCC(C)N(C)CCNCc1ccc(OC)c(OC)c1. The second-order valence-corrected chi connectivity index (χ2v) is 5.10. The van der Waals surface area contributed by atoms with Crippen LogP contribution in [0.2, 0.25) is 0 Å². The molecule has 0 saturated heterocycles. The van der Waals surface area contributed by atoms with Crippen molar-refractivity contribution in [2.75, 3.05) is 34.4 Å². The Bertz CT molecular complexity index is 396. The lowest BCUT2D eigenvalue weighted by Gasteiger charge is -2.23. The predicted molar refractivity (Wildman–Crippen MR) is 83.6 cm³/mol. The molecule has 1 rings (SSSR count). The molecule has 0 aliphatic carbocycles. The molecule has 1 N–H and O–H groups in total. The van der Waals surface area contributed by atoms with Gasteiger partial charge in [0.1, 0.15) is 0 Å². The predicted octanol–water partition coefficient (Wildman–Crippen LogP) is 2.52. The average Bonchev–Trinajstić information content (AvgIpc) is 2.50. The molecule has 0 spiro atoms. The number of hydrogen-bond acceptors (Lipinski definition) is 4. The van der Waals surface area contributed by atoms with Crippen molar-refractivity contribution in [3.8, 4) is 11.5 Å². The van der Waals surface area contributed by atoms with Gasteiger partial charge in [0, 0.05) is 25.7 Å². The van der Waals surface area contributed by atoms with E-state index in [9.17, 15) is 0 Å². The van der Waals surface area contributed by atoms with Crippen molar-refractivity contribution >= 4 is 0 Å². The Hall–Kier alpha value is -1.26. The molecule has 0 fully saturated rings. The van der Waals surface area contributed by atoms with Gasteiger partial charge in [-0.05, 0) is 38.1 Å². The number of likely N-dealkylation sites (N-methyl/N-ethyl adjacent to an activating group) is 1. The van der Waals surface area contributed by atoms with Gasteiger partial charge in [-0.15, -0.1) is 0 Å². The minimum atomic E-state index is 0.637. The molecule has 0 aliphatic rings. The fraction of sp³-hybridized carbons (Fsp3) is 0.625. The van der Waals surface area contributed by atoms with Gasteiger partial charge in [-0.25, -0.2) is 0 Å². The minimum absolute atomic E-state index is 0.637. The zero-order valence-electron chi connectivity index (χ0n) is 13.4. The normalized spacial score (nSPS) is 12.5. The monoisotopic (exact) mass is 280 g/mol. The van der Waals surface area contributed by atoms with E-state index in [1.807, 2.05) is 12.1 Å². The van der Waals surface area contributed by atoms with Gasteiger partial charge in [-0.2, -0.15) is 0 Å². The van der Waals surface area contributed by atoms with Crippen molar-refractivity contribution in [2.24, 2.45) is 0 Å². The lowest BCUT2D eigenvalue weighted by atomic mass is 10.2. The number of nitrogens with zero attached hydrogens (tertiary/aromatic N) is 1. The Morgan fingerprint density at radius 2 is 1.90 bits per heavy atom. The second kappa shape index (κ2) is 8.82. The van der Waals surface area contributed by atoms with Crippen LogP contribution >= 0.6 is 0 Å². The van der Waals surface area contributed by atoms with Gasteiger partial charge in [0.2, 0.25) is 0 Å². The number of rotatable bonds is 9. The van der Waals surface area contributed by atoms with E-state index in [2.05, 4.69) is 37.2 Å². The second-order valence-electron chi connectivity index (χ2n) is 5.10. The highest BCUT2D eigenvalue weighted by Gasteiger charge is 2.06. The Balaban J connectivity index is 2.39. The first-order chi connectivity index (χ1) is 9.62. The van der Waals surface area contributed by atoms with Gasteiger partial charge in [-0.1, -0.05) is 13.0 Å². The number of hydrogen-bond donors (Lipinski definition) is 1. The van der Waals surface area contributed by atoms with Crippen molar-refractivity contribution in [3.63, 3.8) is 0 Å². The molecule has 0 aliphatic heterocycles. The molecule has 0 heterocycles. The summed E-state index contributed by atoms with van der Waals surface area (Å²) in [4.78, 5) is 2.38. The molecular formula is C16H28N2O2. The first-order valence-corrected chi connectivity index (χ1v) is 7.24. The number of methoxy groups -OCH3 is 2. The zero-order chi connectivity index (χ0) is 15.0. The molecule has 20 heavy (non-hydrogen) atoms. The highest BCUT2D eigenvalue weighted by Crippen LogP contribution is 2.27. The summed E-state index contributed by atoms with van der Waals surface area (Å²) < 4.78 is 10.5. The van der Waals surface area contributed by atoms with Gasteiger partial charge in [-0.3, -0.25) is 0 Å². The number of ether oxygens (including phenoxy) is 2. The van der Waals surface area contributed by atoms with E-state index < -0.39 is 0 Å². The van der Waals surface area contributed by atoms with E-state index in [0.717, 1.165) is 31.1 Å². The molecule has 0 amide bonds. The molecular weight excluding hydrogens is 252 g/mol. The minimum Gasteiger partial charge on any atom is -0.493 e. The third-order valence-corrected chi connectivity index (χ3v) is 3.76. The summed E-state index contributed by atoms with van der Waals surface area (Å²) in [7, 11) is 5.49. The molecule has 4 nitrogen and oxygen atoms in total. The van der Waals surface area contributed by atoms with Crippen molar-refractivity contribution in [1.29, 1.82) is 0 Å². The fourth-order valence-electron chi connectivity index (χ4n) is 2.01. The van der Waals surface area contributed by atoms with Gasteiger partial charge in [0.15, 0.2) is 11.5 Å². The molecule has 1 atom stereocenters. The van der Waals surface area contributed by atoms with E-state index >= 15 is 0 Å². The van der Waals surface area contributed by atoms with Crippen LogP contribution in [0.5, 0.6) is 11.5 Å². The van der Waals surface area contributed by atoms with Crippen molar-refractivity contribution in [1.82, 2.24) is 10.2 Å². The molecule has 1 aromatic rings. The largest absolute Gasteiger partial charge is 0.493 e. The van der Waals surface area contributed by atoms with Crippen molar-refractivity contribution in [3.05, 3.63) is 23.8 Å². The van der Waals surface area contributed by atoms with Crippen LogP contribution in [0.4, 0.5) is 0 Å². The summed E-state index contributed by atoms with van der Waals surface area (Å²) in [5, 5.41) is 3.46. The van der Waals surface area contributed by atoms with Crippen LogP contribution in [0.3, 0.4) is 0 Å². The van der Waals surface area contributed by atoms with Crippen LogP contribution in [0, 0.1) is 0 Å². The van der Waals surface area contributed by atoms with E-state index in [-0.39, 0.29) is 0 Å². The Morgan fingerprint density at radius 3 is 2.50 bits per heavy atom. The Morgan fingerprint density at radius 1 is 1.20 bits per heavy atom. The van der Waals surface area contributed by atoms with Gasteiger partial charge < -0.3 is 19.7 Å². The van der Waals surface area contributed by atoms with Crippen molar-refractivity contribution < 1.29 is 9.47 Å². The summed E-state index contributed by atoms with van der Waals surface area (Å²) in [5.74, 6) is 1.55. The molecule has 0 bridgehead atoms. The van der Waals surface area contributed by atoms with E-state index in [0.29, 0.717) is 6.04 Å². The summed E-state index contributed by atoms with van der Waals surface area (Å²) >= 11 is 0. The number of benzene rings is 1. The first-order valence-electron chi connectivity index (χ1n) is 7.24. The maximum Gasteiger partial charge on any atom is 0.161 e. The van der Waals surface area contributed by atoms with E-state index in [4.69, 9.17) is 9.47 Å². The highest BCUT2D eigenvalue weighted by atomic mass is 16.5. The molecule has 1 aromatic carbocycles. The van der Waals surface area contributed by atoms with Crippen LogP contribution in [0.15, 0.2) is 18.2 Å². The fourth-order valence-corrected chi connectivity index (χ4v) is 2.01. The van der Waals surface area contributed by atoms with Crippen LogP contribution in [0.1, 0.15) is 25.8 Å². The molecule has 4 heteroatoms. The van der Waals surface area contributed by atoms with Crippen LogP contribution in [-0.2, 0) is 6.54 Å². The average molecular weight is 280 g/mol. The first kappa shape index (κ1) is 16.8. The number of nitrogens with one attached hydrogen (secondary N) is 1. The summed E-state index contributed by atoms with van der Waals surface area (Å²) in [6, 6.07) is 6.66. The summed E-state index contributed by atoms with van der Waals surface area (Å²) in [5.41, 5.74) is 1.20. The molecule has 1 unspecified atom stereocenters. The van der Waals surface area contributed by atoms with E-state index in [1.165, 1.54) is 12.0 Å². The maximum absolute atomic E-state index is 5.31. The Kier molecular flexibility index (Phi) is 7.41.